The lowest BCUT2D eigenvalue weighted by Crippen LogP contribution is -2.20. The van der Waals surface area contributed by atoms with E-state index in [9.17, 15) is 4.79 Å². The van der Waals surface area contributed by atoms with E-state index in [1.165, 1.54) is 0 Å². The number of amides is 1. The Morgan fingerprint density at radius 1 is 1.71 bits per heavy atom. The summed E-state index contributed by atoms with van der Waals surface area (Å²) in [4.78, 5) is 15.3. The van der Waals surface area contributed by atoms with Gasteiger partial charge in [-0.25, -0.2) is 0 Å². The van der Waals surface area contributed by atoms with Crippen LogP contribution in [0, 0.1) is 0 Å². The van der Waals surface area contributed by atoms with Gasteiger partial charge in [0, 0.05) is 12.4 Å². The molecule has 1 amide bonds. The number of carbonyl (C=O) groups excluding carboxylic acids is 1. The van der Waals surface area contributed by atoms with Crippen molar-refractivity contribution in [2.24, 2.45) is 5.73 Å². The van der Waals surface area contributed by atoms with Crippen LogP contribution in [0.1, 0.15) is 6.42 Å². The van der Waals surface area contributed by atoms with Gasteiger partial charge in [-0.3, -0.25) is 9.78 Å². The summed E-state index contributed by atoms with van der Waals surface area (Å²) in [5.74, 6) is -0.232. The minimum absolute atomic E-state index is 0.0457. The average molecular weight is 274 g/mol. The number of pyridine rings is 1. The van der Waals surface area contributed by atoms with Crippen molar-refractivity contribution in [2.75, 3.05) is 5.32 Å². The Hall–Kier alpha value is -1.01. The molecule has 0 fully saturated rings. The van der Waals surface area contributed by atoms with Crippen LogP contribution < -0.4 is 11.1 Å². The van der Waals surface area contributed by atoms with Crippen molar-refractivity contribution in [3.8, 4) is 0 Å². The van der Waals surface area contributed by atoms with Crippen LogP contribution in [0.5, 0.6) is 0 Å². The maximum Gasteiger partial charge on any atom is 0.231 e. The zero-order valence-corrected chi connectivity index (χ0v) is 9.56. The molecule has 0 aromatic carbocycles. The number of carbonyl (C=O) groups is 1. The highest BCUT2D eigenvalue weighted by Gasteiger charge is 2.05. The summed E-state index contributed by atoms with van der Waals surface area (Å²) in [7, 11) is 0. The first-order chi connectivity index (χ1) is 6.59. The Morgan fingerprint density at radius 2 is 2.43 bits per heavy atom. The summed E-state index contributed by atoms with van der Waals surface area (Å²) in [5.41, 5.74) is 5.89. The Bertz CT molecular complexity index is 369. The molecule has 1 aromatic heterocycles. The van der Waals surface area contributed by atoms with E-state index in [2.05, 4.69) is 38.4 Å². The highest BCUT2D eigenvalue weighted by Crippen LogP contribution is 2.19. The van der Waals surface area contributed by atoms with Gasteiger partial charge in [-0.15, -0.1) is 0 Å². The number of anilines is 1. The van der Waals surface area contributed by atoms with Gasteiger partial charge in [0.1, 0.15) is 0 Å². The van der Waals surface area contributed by atoms with Gasteiger partial charge in [0.2, 0.25) is 5.91 Å². The molecule has 4 nitrogen and oxygen atoms in total. The largest absolute Gasteiger partial charge is 0.393 e. The molecule has 6 heteroatoms. The molecule has 0 aliphatic heterocycles. The molecule has 0 saturated carbocycles. The van der Waals surface area contributed by atoms with Crippen molar-refractivity contribution < 1.29 is 4.79 Å². The molecule has 0 unspecified atom stereocenters. The van der Waals surface area contributed by atoms with Gasteiger partial charge in [0.15, 0.2) is 0 Å². The van der Waals surface area contributed by atoms with E-state index in [1.54, 1.807) is 18.5 Å². The molecule has 14 heavy (non-hydrogen) atoms. The highest BCUT2D eigenvalue weighted by atomic mass is 79.9. The highest BCUT2D eigenvalue weighted by molar-refractivity contribution is 9.10. The third-order valence-electron chi connectivity index (χ3n) is 1.38. The number of halogens is 1. The second-order valence-corrected chi connectivity index (χ2v) is 3.93. The summed E-state index contributed by atoms with van der Waals surface area (Å²) < 4.78 is 0.719. The minimum Gasteiger partial charge on any atom is -0.393 e. The molecular formula is C8H8BrN3OS. The number of hydrogen-bond acceptors (Lipinski definition) is 3. The fourth-order valence-electron chi connectivity index (χ4n) is 0.829. The minimum atomic E-state index is -0.232. The number of aromatic nitrogens is 1. The zero-order valence-electron chi connectivity index (χ0n) is 7.16. The van der Waals surface area contributed by atoms with Crippen LogP contribution in [0.15, 0.2) is 22.9 Å². The first-order valence-corrected chi connectivity index (χ1v) is 4.97. The van der Waals surface area contributed by atoms with Gasteiger partial charge < -0.3 is 11.1 Å². The molecule has 0 aliphatic rings. The van der Waals surface area contributed by atoms with Crippen LogP contribution in [-0.4, -0.2) is 15.9 Å². The van der Waals surface area contributed by atoms with Gasteiger partial charge in [0.25, 0.3) is 0 Å². The normalized spacial score (nSPS) is 9.50. The summed E-state index contributed by atoms with van der Waals surface area (Å²) >= 11 is 7.86. The van der Waals surface area contributed by atoms with Crippen LogP contribution in [-0.2, 0) is 4.79 Å². The molecule has 0 bridgehead atoms. The first-order valence-electron chi connectivity index (χ1n) is 3.77. The monoisotopic (exact) mass is 273 g/mol. The SMILES string of the molecule is NC(=S)CC(=O)Nc1ccncc1Br. The summed E-state index contributed by atoms with van der Waals surface area (Å²) in [5, 5.41) is 2.65. The Balaban J connectivity index is 2.65. The number of nitrogens with zero attached hydrogens (tertiary/aromatic N) is 1. The van der Waals surface area contributed by atoms with E-state index >= 15 is 0 Å². The number of thiocarbonyl (C=S) groups is 1. The predicted molar refractivity (Wildman–Crippen MR) is 62.0 cm³/mol. The lowest BCUT2D eigenvalue weighted by molar-refractivity contribution is -0.115. The van der Waals surface area contributed by atoms with E-state index in [1.807, 2.05) is 0 Å². The molecule has 0 aliphatic carbocycles. The van der Waals surface area contributed by atoms with Crippen LogP contribution >= 0.6 is 28.1 Å². The predicted octanol–water partition coefficient (Wildman–Crippen LogP) is 1.46. The maximum atomic E-state index is 11.3. The Labute approximate surface area is 95.0 Å². The molecule has 0 saturated heterocycles. The van der Waals surface area contributed by atoms with E-state index < -0.39 is 0 Å². The zero-order chi connectivity index (χ0) is 10.6. The number of hydrogen-bond donors (Lipinski definition) is 2. The summed E-state index contributed by atoms with van der Waals surface area (Å²) in [6.07, 6.45) is 3.22. The molecule has 1 rings (SSSR count). The third-order valence-corrected chi connectivity index (χ3v) is 2.16. The van der Waals surface area contributed by atoms with E-state index in [4.69, 9.17) is 5.73 Å². The average Bonchev–Trinajstić information content (AvgIpc) is 2.07. The van der Waals surface area contributed by atoms with Crippen molar-refractivity contribution in [3.63, 3.8) is 0 Å². The fourth-order valence-corrected chi connectivity index (χ4v) is 1.31. The topological polar surface area (TPSA) is 68.0 Å². The molecule has 0 spiro atoms. The maximum absolute atomic E-state index is 11.3. The molecule has 0 radical (unpaired) electrons. The van der Waals surface area contributed by atoms with Crippen molar-refractivity contribution in [2.45, 2.75) is 6.42 Å². The lowest BCUT2D eigenvalue weighted by atomic mass is 10.3. The van der Waals surface area contributed by atoms with Crippen molar-refractivity contribution in [1.82, 2.24) is 4.98 Å². The van der Waals surface area contributed by atoms with Crippen LogP contribution in [0.4, 0.5) is 5.69 Å². The number of rotatable bonds is 3. The van der Waals surface area contributed by atoms with E-state index in [-0.39, 0.29) is 17.3 Å². The standard InChI is InChI=1S/C8H8BrN3OS/c9-5-4-11-2-1-6(5)12-8(13)3-7(10)14/h1-2,4H,3H2,(H2,10,14)(H,11,12,13). The molecule has 3 N–H and O–H groups in total. The van der Waals surface area contributed by atoms with Crippen molar-refractivity contribution in [3.05, 3.63) is 22.9 Å². The van der Waals surface area contributed by atoms with Crippen LogP contribution in [0.2, 0.25) is 0 Å². The van der Waals surface area contributed by atoms with E-state index in [0.29, 0.717) is 5.69 Å². The number of nitrogens with two attached hydrogens (primary N) is 1. The van der Waals surface area contributed by atoms with Crippen molar-refractivity contribution in [1.29, 1.82) is 0 Å². The van der Waals surface area contributed by atoms with Gasteiger partial charge >= 0.3 is 0 Å². The number of nitrogens with one attached hydrogen (secondary N) is 1. The Kier molecular flexibility index (Phi) is 3.97. The smallest absolute Gasteiger partial charge is 0.231 e. The van der Waals surface area contributed by atoms with Gasteiger partial charge in [-0.1, -0.05) is 12.2 Å². The third kappa shape index (κ3) is 3.39. The van der Waals surface area contributed by atoms with Gasteiger partial charge in [-0.2, -0.15) is 0 Å². The second-order valence-electron chi connectivity index (χ2n) is 2.55. The Morgan fingerprint density at radius 3 is 3.00 bits per heavy atom. The quantitative estimate of drug-likeness (QED) is 0.819. The molecule has 0 atom stereocenters. The molecule has 1 heterocycles. The lowest BCUT2D eigenvalue weighted by Gasteiger charge is -2.05. The van der Waals surface area contributed by atoms with Gasteiger partial charge in [0.05, 0.1) is 21.6 Å². The molecule has 1 aromatic rings. The second kappa shape index (κ2) is 5.02. The van der Waals surface area contributed by atoms with E-state index in [0.717, 1.165) is 4.47 Å². The van der Waals surface area contributed by atoms with Crippen LogP contribution in [0.25, 0.3) is 0 Å². The fraction of sp³-hybridized carbons (Fsp3) is 0.125. The first kappa shape index (κ1) is 11.1. The molecular weight excluding hydrogens is 266 g/mol. The van der Waals surface area contributed by atoms with Crippen molar-refractivity contribution >= 4 is 44.7 Å². The summed E-state index contributed by atoms with van der Waals surface area (Å²) in [6.45, 7) is 0. The summed E-state index contributed by atoms with van der Waals surface area (Å²) in [6, 6.07) is 1.68. The van der Waals surface area contributed by atoms with Gasteiger partial charge in [-0.05, 0) is 22.0 Å². The van der Waals surface area contributed by atoms with Crippen LogP contribution in [0.3, 0.4) is 0 Å². The molecule has 74 valence electrons.